The van der Waals surface area contributed by atoms with Gasteiger partial charge in [-0.3, -0.25) is 4.18 Å². The molecule has 1 saturated carbocycles. The predicted molar refractivity (Wildman–Crippen MR) is 76.9 cm³/mol. The Morgan fingerprint density at radius 2 is 2.05 bits per heavy atom. The van der Waals surface area contributed by atoms with Gasteiger partial charge in [0.1, 0.15) is 6.10 Å². The van der Waals surface area contributed by atoms with Gasteiger partial charge in [-0.2, -0.15) is 8.42 Å². The van der Waals surface area contributed by atoms with Crippen molar-refractivity contribution in [3.63, 3.8) is 0 Å². The standard InChI is InChI=1S/C13H17N3O4S/c1-21(17,18)20-13-11(15-16-14)7-8-12(13)19-9-10-5-3-2-4-6-10/h2-6,11-13H,7-9H2,1H3. The van der Waals surface area contributed by atoms with Crippen molar-refractivity contribution in [3.8, 4) is 0 Å². The van der Waals surface area contributed by atoms with E-state index in [9.17, 15) is 8.42 Å². The molecule has 0 saturated heterocycles. The lowest BCUT2D eigenvalue weighted by atomic mass is 10.2. The molecule has 0 amide bonds. The molecule has 1 aromatic carbocycles. The minimum Gasteiger partial charge on any atom is -0.371 e. The fourth-order valence-corrected chi connectivity index (χ4v) is 3.04. The Kier molecular flexibility index (Phi) is 5.19. The van der Waals surface area contributed by atoms with E-state index in [4.69, 9.17) is 14.5 Å². The zero-order chi connectivity index (χ0) is 15.3. The maximum atomic E-state index is 11.3. The molecule has 21 heavy (non-hydrogen) atoms. The zero-order valence-electron chi connectivity index (χ0n) is 11.6. The van der Waals surface area contributed by atoms with Crippen LogP contribution in [0.4, 0.5) is 0 Å². The van der Waals surface area contributed by atoms with E-state index in [0.717, 1.165) is 11.8 Å². The lowest BCUT2D eigenvalue weighted by molar-refractivity contribution is -0.0181. The predicted octanol–water partition coefficient (Wildman–Crippen LogP) is 2.39. The molecule has 0 radical (unpaired) electrons. The van der Waals surface area contributed by atoms with Crippen LogP contribution in [-0.2, 0) is 25.6 Å². The Balaban J connectivity index is 2.04. The number of rotatable bonds is 6. The van der Waals surface area contributed by atoms with Gasteiger partial charge in [-0.15, -0.1) is 0 Å². The van der Waals surface area contributed by atoms with Gasteiger partial charge in [0, 0.05) is 4.91 Å². The first-order valence-electron chi connectivity index (χ1n) is 6.57. The highest BCUT2D eigenvalue weighted by Gasteiger charge is 2.39. The Labute approximate surface area is 123 Å². The molecule has 0 heterocycles. The number of ether oxygens (including phenoxy) is 1. The van der Waals surface area contributed by atoms with Gasteiger partial charge in [0.25, 0.3) is 10.1 Å². The van der Waals surface area contributed by atoms with Crippen LogP contribution in [0.2, 0.25) is 0 Å². The van der Waals surface area contributed by atoms with Crippen LogP contribution in [0.3, 0.4) is 0 Å². The largest absolute Gasteiger partial charge is 0.371 e. The number of azide groups is 1. The van der Waals surface area contributed by atoms with Crippen molar-refractivity contribution in [2.24, 2.45) is 5.11 Å². The summed E-state index contributed by atoms with van der Waals surface area (Å²) < 4.78 is 33.5. The summed E-state index contributed by atoms with van der Waals surface area (Å²) in [6, 6.07) is 9.04. The summed E-state index contributed by atoms with van der Waals surface area (Å²) in [5.74, 6) is 0. The molecule has 3 atom stereocenters. The maximum absolute atomic E-state index is 11.3. The van der Waals surface area contributed by atoms with Crippen LogP contribution in [0.1, 0.15) is 18.4 Å². The molecule has 0 aliphatic heterocycles. The van der Waals surface area contributed by atoms with E-state index in [1.807, 2.05) is 30.3 Å². The van der Waals surface area contributed by atoms with E-state index in [1.54, 1.807) is 0 Å². The normalized spacial score (nSPS) is 25.5. The first-order chi connectivity index (χ1) is 9.99. The summed E-state index contributed by atoms with van der Waals surface area (Å²) in [5.41, 5.74) is 9.54. The van der Waals surface area contributed by atoms with Crippen molar-refractivity contribution in [2.45, 2.75) is 37.7 Å². The van der Waals surface area contributed by atoms with Crippen LogP contribution < -0.4 is 0 Å². The van der Waals surface area contributed by atoms with E-state index < -0.39 is 28.4 Å². The Hall–Kier alpha value is -1.60. The van der Waals surface area contributed by atoms with Crippen LogP contribution in [0.15, 0.2) is 35.4 Å². The second-order valence-electron chi connectivity index (χ2n) is 4.95. The van der Waals surface area contributed by atoms with Crippen LogP contribution in [0, 0.1) is 0 Å². The molecule has 1 aliphatic carbocycles. The minimum absolute atomic E-state index is 0.359. The molecular weight excluding hydrogens is 294 g/mol. The second-order valence-corrected chi connectivity index (χ2v) is 6.55. The summed E-state index contributed by atoms with van der Waals surface area (Å²) >= 11 is 0. The molecule has 0 aromatic heterocycles. The van der Waals surface area contributed by atoms with Crippen LogP contribution in [0.5, 0.6) is 0 Å². The Morgan fingerprint density at radius 3 is 2.67 bits per heavy atom. The van der Waals surface area contributed by atoms with E-state index in [2.05, 4.69) is 10.0 Å². The van der Waals surface area contributed by atoms with E-state index in [0.29, 0.717) is 19.4 Å². The van der Waals surface area contributed by atoms with Crippen molar-refractivity contribution >= 4 is 10.1 Å². The SMILES string of the molecule is CS(=O)(=O)OC1C(N=[N+]=[N-])CCC1OCc1ccccc1. The maximum Gasteiger partial charge on any atom is 0.264 e. The molecule has 1 fully saturated rings. The Bertz CT molecular complexity index is 614. The average molecular weight is 311 g/mol. The zero-order valence-corrected chi connectivity index (χ0v) is 12.4. The molecule has 8 heteroatoms. The van der Waals surface area contributed by atoms with Crippen molar-refractivity contribution in [2.75, 3.05) is 6.26 Å². The summed E-state index contributed by atoms with van der Waals surface area (Å²) in [7, 11) is -3.64. The number of hydrogen-bond acceptors (Lipinski definition) is 5. The van der Waals surface area contributed by atoms with E-state index in [-0.39, 0.29) is 0 Å². The van der Waals surface area contributed by atoms with Gasteiger partial charge >= 0.3 is 0 Å². The van der Waals surface area contributed by atoms with Crippen molar-refractivity contribution < 1.29 is 17.3 Å². The van der Waals surface area contributed by atoms with Crippen LogP contribution >= 0.6 is 0 Å². The summed E-state index contributed by atoms with van der Waals surface area (Å²) in [4.78, 5) is 2.75. The van der Waals surface area contributed by atoms with Gasteiger partial charge in [0.15, 0.2) is 0 Å². The van der Waals surface area contributed by atoms with Gasteiger partial charge in [0.2, 0.25) is 0 Å². The third-order valence-corrected chi connectivity index (χ3v) is 3.86. The average Bonchev–Trinajstić information content (AvgIpc) is 2.79. The molecule has 7 nitrogen and oxygen atoms in total. The monoisotopic (exact) mass is 311 g/mol. The molecule has 1 aromatic rings. The third-order valence-electron chi connectivity index (χ3n) is 3.29. The number of hydrogen-bond donors (Lipinski definition) is 0. The fraction of sp³-hybridized carbons (Fsp3) is 0.538. The van der Waals surface area contributed by atoms with Crippen molar-refractivity contribution in [3.05, 3.63) is 46.3 Å². The number of nitrogens with zero attached hydrogens (tertiary/aromatic N) is 3. The molecule has 0 bridgehead atoms. The smallest absolute Gasteiger partial charge is 0.264 e. The highest BCUT2D eigenvalue weighted by atomic mass is 32.2. The van der Waals surface area contributed by atoms with Crippen LogP contribution in [-0.4, -0.2) is 32.9 Å². The third kappa shape index (κ3) is 4.71. The Morgan fingerprint density at radius 1 is 1.33 bits per heavy atom. The van der Waals surface area contributed by atoms with E-state index >= 15 is 0 Å². The molecule has 3 unspecified atom stereocenters. The highest BCUT2D eigenvalue weighted by Crippen LogP contribution is 2.30. The van der Waals surface area contributed by atoms with Gasteiger partial charge in [-0.1, -0.05) is 35.4 Å². The highest BCUT2D eigenvalue weighted by molar-refractivity contribution is 7.86. The van der Waals surface area contributed by atoms with Gasteiger partial charge in [-0.25, -0.2) is 0 Å². The fourth-order valence-electron chi connectivity index (χ4n) is 2.38. The van der Waals surface area contributed by atoms with Gasteiger partial charge in [-0.05, 0) is 23.9 Å². The lowest BCUT2D eigenvalue weighted by Crippen LogP contribution is -2.34. The summed E-state index contributed by atoms with van der Waals surface area (Å²) in [5, 5.41) is 3.61. The topological polar surface area (TPSA) is 101 Å². The summed E-state index contributed by atoms with van der Waals surface area (Å²) in [6.07, 6.45) is 0.947. The second kappa shape index (κ2) is 6.91. The van der Waals surface area contributed by atoms with Crippen LogP contribution in [0.25, 0.3) is 10.4 Å². The lowest BCUT2D eigenvalue weighted by Gasteiger charge is -2.22. The number of benzene rings is 1. The minimum atomic E-state index is -3.64. The van der Waals surface area contributed by atoms with Crippen molar-refractivity contribution in [1.29, 1.82) is 0 Å². The first kappa shape index (κ1) is 15.8. The molecule has 0 N–H and O–H groups in total. The first-order valence-corrected chi connectivity index (χ1v) is 8.39. The summed E-state index contributed by atoms with van der Waals surface area (Å²) in [6.45, 7) is 0.359. The molecule has 0 spiro atoms. The van der Waals surface area contributed by atoms with Gasteiger partial charge < -0.3 is 4.74 Å². The van der Waals surface area contributed by atoms with Crippen molar-refractivity contribution in [1.82, 2.24) is 0 Å². The molecule has 2 rings (SSSR count). The quantitative estimate of drug-likeness (QED) is 0.348. The molecular formula is C13H17N3O4S. The van der Waals surface area contributed by atoms with E-state index in [1.165, 1.54) is 0 Å². The molecule has 1 aliphatic rings. The van der Waals surface area contributed by atoms with Gasteiger partial charge in [0.05, 0.1) is 25.0 Å². The molecule has 114 valence electrons.